The first-order valence-corrected chi connectivity index (χ1v) is 8.83. The Morgan fingerprint density at radius 2 is 1.87 bits per heavy atom. The number of likely N-dealkylation sites (tertiary alicyclic amines) is 1. The molecule has 1 fully saturated rings. The smallest absolute Gasteiger partial charge is 0.237 e. The fraction of sp³-hybridized carbons (Fsp3) is 0.632. The van der Waals surface area contributed by atoms with Crippen LogP contribution in [0.15, 0.2) is 24.3 Å². The van der Waals surface area contributed by atoms with Crippen LogP contribution < -0.4 is 10.1 Å². The zero-order chi connectivity index (χ0) is 16.7. The standard InChI is InChI=1S/C19H30N2O2/c1-15(2)23-18-10-8-9-17(13-18)14-20-19(22)16(3)21-11-6-4-5-7-12-21/h8-10,13,15-16H,4-7,11-12,14H2,1-3H3,(H,20,22). The Balaban J connectivity index is 1.85. The van der Waals surface area contributed by atoms with E-state index in [2.05, 4.69) is 10.2 Å². The topological polar surface area (TPSA) is 41.6 Å². The molecule has 128 valence electrons. The van der Waals surface area contributed by atoms with Crippen LogP contribution >= 0.6 is 0 Å². The SMILES string of the molecule is CC(C)Oc1cccc(CNC(=O)C(C)N2CCCCCC2)c1. The van der Waals surface area contributed by atoms with Gasteiger partial charge in [0.25, 0.3) is 0 Å². The maximum atomic E-state index is 12.4. The van der Waals surface area contributed by atoms with Crippen LogP contribution in [0.3, 0.4) is 0 Å². The summed E-state index contributed by atoms with van der Waals surface area (Å²) >= 11 is 0. The molecular weight excluding hydrogens is 288 g/mol. The molecule has 1 aromatic rings. The van der Waals surface area contributed by atoms with Crippen LogP contribution in [0, 0.1) is 0 Å². The van der Waals surface area contributed by atoms with Crippen LogP contribution in [0.5, 0.6) is 5.75 Å². The number of carbonyl (C=O) groups excluding carboxylic acids is 1. The van der Waals surface area contributed by atoms with Crippen LogP contribution in [0.25, 0.3) is 0 Å². The lowest BCUT2D eigenvalue weighted by atomic mass is 10.2. The molecule has 0 radical (unpaired) electrons. The number of ether oxygens (including phenoxy) is 1. The van der Waals surface area contributed by atoms with Gasteiger partial charge in [-0.1, -0.05) is 25.0 Å². The average Bonchev–Trinajstić information content (AvgIpc) is 2.81. The van der Waals surface area contributed by atoms with Crippen molar-refractivity contribution in [2.75, 3.05) is 13.1 Å². The number of nitrogens with zero attached hydrogens (tertiary/aromatic N) is 1. The fourth-order valence-electron chi connectivity index (χ4n) is 2.99. The molecule has 0 aliphatic carbocycles. The lowest BCUT2D eigenvalue weighted by molar-refractivity contribution is -0.126. The van der Waals surface area contributed by atoms with Gasteiger partial charge in [0.2, 0.25) is 5.91 Å². The molecule has 1 aliphatic heterocycles. The van der Waals surface area contributed by atoms with Crippen molar-refractivity contribution in [2.24, 2.45) is 0 Å². The summed E-state index contributed by atoms with van der Waals surface area (Å²) in [5.74, 6) is 0.967. The first kappa shape index (κ1) is 17.8. The highest BCUT2D eigenvalue weighted by atomic mass is 16.5. The van der Waals surface area contributed by atoms with Gasteiger partial charge in [-0.05, 0) is 64.4 Å². The Hall–Kier alpha value is -1.55. The highest BCUT2D eigenvalue weighted by Gasteiger charge is 2.21. The predicted octanol–water partition coefficient (Wildman–Crippen LogP) is 3.35. The Morgan fingerprint density at radius 1 is 1.17 bits per heavy atom. The normalized spacial score (nSPS) is 17.6. The Morgan fingerprint density at radius 3 is 2.52 bits per heavy atom. The van der Waals surface area contributed by atoms with Gasteiger partial charge in [-0.3, -0.25) is 9.69 Å². The molecule has 1 aromatic carbocycles. The second kappa shape index (κ2) is 8.92. The average molecular weight is 318 g/mol. The van der Waals surface area contributed by atoms with Crippen molar-refractivity contribution < 1.29 is 9.53 Å². The van der Waals surface area contributed by atoms with Crippen molar-refractivity contribution in [3.63, 3.8) is 0 Å². The van der Waals surface area contributed by atoms with Crippen molar-refractivity contribution in [3.8, 4) is 5.75 Å². The van der Waals surface area contributed by atoms with Gasteiger partial charge in [-0.25, -0.2) is 0 Å². The summed E-state index contributed by atoms with van der Waals surface area (Å²) in [5.41, 5.74) is 1.07. The zero-order valence-corrected chi connectivity index (χ0v) is 14.7. The fourth-order valence-corrected chi connectivity index (χ4v) is 2.99. The summed E-state index contributed by atoms with van der Waals surface area (Å²) in [5, 5.41) is 3.06. The lowest BCUT2D eigenvalue weighted by Crippen LogP contribution is -2.45. The number of amides is 1. The van der Waals surface area contributed by atoms with Crippen LogP contribution in [0.4, 0.5) is 0 Å². The second-order valence-corrected chi connectivity index (χ2v) is 6.66. The molecule has 1 saturated heterocycles. The van der Waals surface area contributed by atoms with E-state index in [0.717, 1.165) is 24.4 Å². The molecule has 0 aromatic heterocycles. The Bertz CT molecular complexity index is 494. The van der Waals surface area contributed by atoms with Crippen molar-refractivity contribution in [1.82, 2.24) is 10.2 Å². The highest BCUT2D eigenvalue weighted by Crippen LogP contribution is 2.15. The van der Waals surface area contributed by atoms with Crippen LogP contribution in [-0.4, -0.2) is 36.0 Å². The molecule has 0 saturated carbocycles. The van der Waals surface area contributed by atoms with Gasteiger partial charge < -0.3 is 10.1 Å². The molecule has 1 amide bonds. The van der Waals surface area contributed by atoms with E-state index in [1.54, 1.807) is 0 Å². The number of hydrogen-bond donors (Lipinski definition) is 1. The summed E-state index contributed by atoms with van der Waals surface area (Å²) in [6.07, 6.45) is 5.13. The summed E-state index contributed by atoms with van der Waals surface area (Å²) in [6.45, 7) is 8.65. The minimum absolute atomic E-state index is 0.0526. The van der Waals surface area contributed by atoms with Gasteiger partial charge in [-0.15, -0.1) is 0 Å². The van der Waals surface area contributed by atoms with Gasteiger partial charge in [0.1, 0.15) is 5.75 Å². The summed E-state index contributed by atoms with van der Waals surface area (Å²) < 4.78 is 5.70. The highest BCUT2D eigenvalue weighted by molar-refractivity contribution is 5.81. The number of benzene rings is 1. The van der Waals surface area contributed by atoms with E-state index in [0.29, 0.717) is 6.54 Å². The molecule has 0 bridgehead atoms. The van der Waals surface area contributed by atoms with Gasteiger partial charge >= 0.3 is 0 Å². The Kier molecular flexibility index (Phi) is 6.90. The van der Waals surface area contributed by atoms with E-state index in [4.69, 9.17) is 4.74 Å². The monoisotopic (exact) mass is 318 g/mol. The van der Waals surface area contributed by atoms with Crippen molar-refractivity contribution in [2.45, 2.75) is 65.1 Å². The lowest BCUT2D eigenvalue weighted by Gasteiger charge is -2.26. The number of carbonyl (C=O) groups is 1. The molecule has 4 heteroatoms. The third-order valence-corrected chi connectivity index (χ3v) is 4.30. The molecule has 1 N–H and O–H groups in total. The molecule has 4 nitrogen and oxygen atoms in total. The molecule has 1 aliphatic rings. The van der Waals surface area contributed by atoms with Crippen molar-refractivity contribution in [3.05, 3.63) is 29.8 Å². The van der Waals surface area contributed by atoms with Crippen LogP contribution in [-0.2, 0) is 11.3 Å². The van der Waals surface area contributed by atoms with E-state index in [-0.39, 0.29) is 18.1 Å². The molecule has 1 atom stereocenters. The van der Waals surface area contributed by atoms with E-state index < -0.39 is 0 Å². The van der Waals surface area contributed by atoms with Gasteiger partial charge in [0, 0.05) is 6.54 Å². The molecule has 0 spiro atoms. The number of nitrogens with one attached hydrogen (secondary N) is 1. The van der Waals surface area contributed by atoms with Gasteiger partial charge in [-0.2, -0.15) is 0 Å². The first-order valence-electron chi connectivity index (χ1n) is 8.83. The van der Waals surface area contributed by atoms with E-state index in [1.807, 2.05) is 45.0 Å². The first-order chi connectivity index (χ1) is 11.1. The minimum atomic E-state index is -0.0526. The molecule has 23 heavy (non-hydrogen) atoms. The summed E-state index contributed by atoms with van der Waals surface area (Å²) in [7, 11) is 0. The van der Waals surface area contributed by atoms with E-state index in [9.17, 15) is 4.79 Å². The third kappa shape index (κ3) is 5.87. The maximum Gasteiger partial charge on any atom is 0.237 e. The largest absolute Gasteiger partial charge is 0.491 e. The third-order valence-electron chi connectivity index (χ3n) is 4.30. The van der Waals surface area contributed by atoms with Gasteiger partial charge in [0.05, 0.1) is 12.1 Å². The maximum absolute atomic E-state index is 12.4. The van der Waals surface area contributed by atoms with Crippen LogP contribution in [0.2, 0.25) is 0 Å². The second-order valence-electron chi connectivity index (χ2n) is 6.66. The Labute approximate surface area is 140 Å². The molecular formula is C19H30N2O2. The van der Waals surface area contributed by atoms with Gasteiger partial charge in [0.15, 0.2) is 0 Å². The van der Waals surface area contributed by atoms with Crippen LogP contribution in [0.1, 0.15) is 52.0 Å². The molecule has 1 heterocycles. The number of rotatable bonds is 6. The minimum Gasteiger partial charge on any atom is -0.491 e. The zero-order valence-electron chi connectivity index (χ0n) is 14.7. The quantitative estimate of drug-likeness (QED) is 0.874. The summed E-state index contributed by atoms with van der Waals surface area (Å²) in [6, 6.07) is 7.88. The van der Waals surface area contributed by atoms with E-state index >= 15 is 0 Å². The number of hydrogen-bond acceptors (Lipinski definition) is 3. The molecule has 2 rings (SSSR count). The molecule has 1 unspecified atom stereocenters. The van der Waals surface area contributed by atoms with E-state index in [1.165, 1.54) is 25.7 Å². The van der Waals surface area contributed by atoms with Crippen molar-refractivity contribution >= 4 is 5.91 Å². The van der Waals surface area contributed by atoms with Crippen molar-refractivity contribution in [1.29, 1.82) is 0 Å². The predicted molar refractivity (Wildman–Crippen MR) is 93.6 cm³/mol. The summed E-state index contributed by atoms with van der Waals surface area (Å²) in [4.78, 5) is 14.7.